The van der Waals surface area contributed by atoms with Gasteiger partial charge in [-0.15, -0.1) is 0 Å². The van der Waals surface area contributed by atoms with E-state index < -0.39 is 12.1 Å². The molecule has 0 radical (unpaired) electrons. The highest BCUT2D eigenvalue weighted by Gasteiger charge is 2.19. The molecular weight excluding hydrogens is 817 g/mol. The Labute approximate surface area is 408 Å². The zero-order valence-corrected chi connectivity index (χ0v) is 43.4. The molecule has 0 aromatic rings. The van der Waals surface area contributed by atoms with Gasteiger partial charge in [0.15, 0.2) is 6.10 Å². The summed E-state index contributed by atoms with van der Waals surface area (Å²) in [5.74, 6) is -1.05. The molecule has 0 saturated carbocycles. The van der Waals surface area contributed by atoms with Crippen LogP contribution in [-0.4, -0.2) is 37.2 Å². The van der Waals surface area contributed by atoms with Crippen molar-refractivity contribution in [2.45, 2.75) is 277 Å². The highest BCUT2D eigenvalue weighted by atomic mass is 16.6. The summed E-state index contributed by atoms with van der Waals surface area (Å²) in [6, 6.07) is 0. The van der Waals surface area contributed by atoms with Crippen LogP contribution in [0.1, 0.15) is 271 Å². The number of esters is 3. The van der Waals surface area contributed by atoms with Crippen LogP contribution in [0.25, 0.3) is 0 Å². The van der Waals surface area contributed by atoms with Gasteiger partial charge in [0.1, 0.15) is 13.2 Å². The number of rotatable bonds is 50. The highest BCUT2D eigenvalue weighted by molar-refractivity contribution is 5.72. The lowest BCUT2D eigenvalue weighted by atomic mass is 10.0. The lowest BCUT2D eigenvalue weighted by Gasteiger charge is -2.18. The molecule has 0 heterocycles. The average Bonchev–Trinajstić information content (AvgIpc) is 3.31. The molecule has 66 heavy (non-hydrogen) atoms. The molecule has 6 nitrogen and oxygen atoms in total. The van der Waals surface area contributed by atoms with E-state index in [2.05, 4.69) is 81.5 Å². The topological polar surface area (TPSA) is 78.9 Å². The fraction of sp³-hybridized carbons (Fsp3) is 0.750. The Morgan fingerprint density at radius 3 is 1.05 bits per heavy atom. The van der Waals surface area contributed by atoms with Crippen molar-refractivity contribution in [2.24, 2.45) is 0 Å². The molecule has 0 aromatic heterocycles. The first-order chi connectivity index (χ1) is 32.5. The molecule has 0 N–H and O–H groups in total. The third-order valence-corrected chi connectivity index (χ3v) is 12.0. The minimum atomic E-state index is -0.830. The van der Waals surface area contributed by atoms with E-state index in [1.165, 1.54) is 141 Å². The largest absolute Gasteiger partial charge is 0.462 e. The first-order valence-corrected chi connectivity index (χ1v) is 27.9. The number of carbonyl (C=O) groups excluding carboxylic acids is 3. The van der Waals surface area contributed by atoms with Crippen molar-refractivity contribution in [3.8, 4) is 0 Å². The summed E-state index contributed by atoms with van der Waals surface area (Å²) < 4.78 is 16.7. The number of carbonyl (C=O) groups is 3. The Balaban J connectivity index is 4.31. The van der Waals surface area contributed by atoms with Gasteiger partial charge in [-0.2, -0.15) is 0 Å². The van der Waals surface area contributed by atoms with Gasteiger partial charge in [-0.1, -0.05) is 261 Å². The van der Waals surface area contributed by atoms with E-state index in [1.807, 2.05) is 6.08 Å². The number of ether oxygens (including phenoxy) is 3. The molecule has 0 aliphatic heterocycles. The van der Waals surface area contributed by atoms with Gasteiger partial charge in [-0.05, 0) is 64.2 Å². The molecule has 0 rings (SSSR count). The molecule has 0 bridgehead atoms. The van der Waals surface area contributed by atoms with E-state index in [0.717, 1.165) is 89.9 Å². The Morgan fingerprint density at radius 2 is 0.667 bits per heavy atom. The van der Waals surface area contributed by atoms with Gasteiger partial charge in [0.2, 0.25) is 0 Å². The third-order valence-electron chi connectivity index (χ3n) is 12.0. The molecule has 380 valence electrons. The lowest BCUT2D eigenvalue weighted by molar-refractivity contribution is -0.166. The van der Waals surface area contributed by atoms with Gasteiger partial charge in [0.05, 0.1) is 6.42 Å². The summed E-state index contributed by atoms with van der Waals surface area (Å²) in [6.45, 7) is 6.39. The molecule has 0 aliphatic rings. The van der Waals surface area contributed by atoms with Crippen molar-refractivity contribution in [1.29, 1.82) is 0 Å². The van der Waals surface area contributed by atoms with Crippen molar-refractivity contribution in [3.05, 3.63) is 72.9 Å². The maximum absolute atomic E-state index is 12.7. The van der Waals surface area contributed by atoms with Gasteiger partial charge in [0, 0.05) is 12.8 Å². The van der Waals surface area contributed by atoms with E-state index in [9.17, 15) is 14.4 Å². The van der Waals surface area contributed by atoms with Crippen LogP contribution >= 0.6 is 0 Å². The van der Waals surface area contributed by atoms with Crippen LogP contribution in [0.5, 0.6) is 0 Å². The molecular formula is C60H104O6. The number of hydrogen-bond donors (Lipinski definition) is 0. The van der Waals surface area contributed by atoms with Crippen LogP contribution < -0.4 is 0 Å². The second-order valence-electron chi connectivity index (χ2n) is 18.5. The molecule has 0 saturated heterocycles. The summed E-state index contributed by atoms with van der Waals surface area (Å²) in [5, 5.41) is 0. The first-order valence-electron chi connectivity index (χ1n) is 27.9. The molecule has 6 heteroatoms. The van der Waals surface area contributed by atoms with E-state index in [0.29, 0.717) is 12.8 Å². The number of allylic oxidation sites excluding steroid dienone is 11. The summed E-state index contributed by atoms with van der Waals surface area (Å²) in [4.78, 5) is 37.9. The zero-order chi connectivity index (χ0) is 47.9. The van der Waals surface area contributed by atoms with E-state index in [4.69, 9.17) is 14.2 Å². The number of unbranched alkanes of at least 4 members (excludes halogenated alkanes) is 28. The molecule has 0 amide bonds. The van der Waals surface area contributed by atoms with Crippen LogP contribution in [-0.2, 0) is 28.6 Å². The molecule has 0 aromatic carbocycles. The smallest absolute Gasteiger partial charge is 0.310 e. The predicted octanol–water partition coefficient (Wildman–Crippen LogP) is 18.6. The Morgan fingerprint density at radius 1 is 0.333 bits per heavy atom. The maximum atomic E-state index is 12.7. The van der Waals surface area contributed by atoms with Crippen molar-refractivity contribution in [3.63, 3.8) is 0 Å². The standard InChI is InChI=1S/C60H104O6/c1-4-7-10-13-16-19-22-24-26-27-28-29-30-31-32-33-35-36-38-41-44-47-50-53-59(62)65-56-57(55-64-58(61)52-49-46-43-40-21-18-15-12-9-6-3)66-60(63)54-51-48-45-42-39-37-34-25-23-20-17-14-11-8-5-2/h8,11-12,15,17,20,25,34,39,42,48,51,57H,4-7,9-10,13-14,16,18-19,21-24,26-33,35-38,40-41,43-47,49-50,52-56H2,1-3H3/b11-8-,15-12-,20-17-,34-25-,42-39-,51-48-. The zero-order valence-electron chi connectivity index (χ0n) is 43.4. The van der Waals surface area contributed by atoms with Crippen LogP contribution in [0.2, 0.25) is 0 Å². The van der Waals surface area contributed by atoms with Crippen LogP contribution in [0.3, 0.4) is 0 Å². The quantitative estimate of drug-likeness (QED) is 0.0262. The summed E-state index contributed by atoms with van der Waals surface area (Å²) >= 11 is 0. The second kappa shape index (κ2) is 54.5. The fourth-order valence-corrected chi connectivity index (χ4v) is 7.82. The van der Waals surface area contributed by atoms with Crippen molar-refractivity contribution < 1.29 is 28.6 Å². The van der Waals surface area contributed by atoms with E-state index in [1.54, 1.807) is 6.08 Å². The molecule has 0 aliphatic carbocycles. The molecule has 1 atom stereocenters. The fourth-order valence-electron chi connectivity index (χ4n) is 7.82. The van der Waals surface area contributed by atoms with Crippen molar-refractivity contribution >= 4 is 17.9 Å². The van der Waals surface area contributed by atoms with Crippen LogP contribution in [0, 0.1) is 0 Å². The first kappa shape index (κ1) is 62.8. The van der Waals surface area contributed by atoms with Crippen molar-refractivity contribution in [1.82, 2.24) is 0 Å². The minimum absolute atomic E-state index is 0.0970. The van der Waals surface area contributed by atoms with Gasteiger partial charge >= 0.3 is 17.9 Å². The molecule has 0 spiro atoms. The number of hydrogen-bond acceptors (Lipinski definition) is 6. The highest BCUT2D eigenvalue weighted by Crippen LogP contribution is 2.16. The average molecular weight is 921 g/mol. The lowest BCUT2D eigenvalue weighted by Crippen LogP contribution is -2.30. The predicted molar refractivity (Wildman–Crippen MR) is 284 cm³/mol. The van der Waals surface area contributed by atoms with Gasteiger partial charge in [-0.25, -0.2) is 0 Å². The van der Waals surface area contributed by atoms with Gasteiger partial charge in [0.25, 0.3) is 0 Å². The van der Waals surface area contributed by atoms with Gasteiger partial charge in [-0.3, -0.25) is 14.4 Å². The van der Waals surface area contributed by atoms with E-state index >= 15 is 0 Å². The Kier molecular flexibility index (Phi) is 51.9. The third kappa shape index (κ3) is 51.8. The van der Waals surface area contributed by atoms with Crippen molar-refractivity contribution in [2.75, 3.05) is 13.2 Å². The Bertz CT molecular complexity index is 1240. The normalized spacial score (nSPS) is 12.6. The SMILES string of the molecule is CC/C=C\C/C=C\C/C=C\C/C=C\C/C=C\CC(=O)OC(COC(=O)CCCCCCC/C=C\CCC)COC(=O)CCCCCCCCCCCCCCCCCCCCCCCCC. The molecule has 1 unspecified atom stereocenters. The van der Waals surface area contributed by atoms with Crippen LogP contribution in [0.4, 0.5) is 0 Å². The Hall–Kier alpha value is -3.15. The van der Waals surface area contributed by atoms with Crippen LogP contribution in [0.15, 0.2) is 72.9 Å². The summed E-state index contributed by atoms with van der Waals surface area (Å²) in [5.41, 5.74) is 0. The monoisotopic (exact) mass is 921 g/mol. The van der Waals surface area contributed by atoms with E-state index in [-0.39, 0.29) is 31.6 Å². The maximum Gasteiger partial charge on any atom is 0.310 e. The second-order valence-corrected chi connectivity index (χ2v) is 18.5. The summed E-state index contributed by atoms with van der Waals surface area (Å²) in [6.07, 6.45) is 69.4. The molecule has 0 fully saturated rings. The summed E-state index contributed by atoms with van der Waals surface area (Å²) in [7, 11) is 0. The minimum Gasteiger partial charge on any atom is -0.462 e. The van der Waals surface area contributed by atoms with Gasteiger partial charge < -0.3 is 14.2 Å².